The van der Waals surface area contributed by atoms with Crippen LogP contribution in [0.3, 0.4) is 0 Å². The number of guanidine groups is 1. The zero-order valence-electron chi connectivity index (χ0n) is 17.9. The first-order chi connectivity index (χ1) is 13.6. The number of aromatic nitrogens is 3. The summed E-state index contributed by atoms with van der Waals surface area (Å²) >= 11 is 0. The average Bonchev–Trinajstić information content (AvgIpc) is 3.33. The fraction of sp³-hybridized carbons (Fsp3) is 0.571. The Hall–Kier alpha value is -1.68. The molecule has 0 saturated carbocycles. The van der Waals surface area contributed by atoms with E-state index in [2.05, 4.69) is 58.7 Å². The molecular formula is C21H33IN6O. The molecule has 29 heavy (non-hydrogen) atoms. The van der Waals surface area contributed by atoms with Gasteiger partial charge in [-0.1, -0.05) is 31.2 Å². The van der Waals surface area contributed by atoms with Crippen molar-refractivity contribution in [3.63, 3.8) is 0 Å². The number of nitrogens with one attached hydrogen (secondary N) is 1. The van der Waals surface area contributed by atoms with Gasteiger partial charge in [0.2, 0.25) is 0 Å². The van der Waals surface area contributed by atoms with E-state index in [0.29, 0.717) is 6.54 Å². The van der Waals surface area contributed by atoms with Crippen molar-refractivity contribution in [3.05, 3.63) is 47.0 Å². The first-order valence-corrected chi connectivity index (χ1v) is 10.1. The van der Waals surface area contributed by atoms with Gasteiger partial charge in [-0.3, -0.25) is 0 Å². The predicted molar refractivity (Wildman–Crippen MR) is 127 cm³/mol. The van der Waals surface area contributed by atoms with Gasteiger partial charge < -0.3 is 19.5 Å². The second-order valence-electron chi connectivity index (χ2n) is 7.40. The Morgan fingerprint density at radius 3 is 2.59 bits per heavy atom. The number of aryl methyl sites for hydroxylation is 2. The minimum atomic E-state index is 0. The van der Waals surface area contributed by atoms with Crippen LogP contribution in [0, 0.1) is 6.92 Å². The zero-order chi connectivity index (χ0) is 19.9. The molecule has 1 aliphatic rings. The third kappa shape index (κ3) is 6.67. The highest BCUT2D eigenvalue weighted by Gasteiger charge is 2.17. The molecule has 8 heteroatoms. The van der Waals surface area contributed by atoms with Crippen molar-refractivity contribution >= 4 is 29.9 Å². The van der Waals surface area contributed by atoms with Crippen LogP contribution in [0.2, 0.25) is 0 Å². The van der Waals surface area contributed by atoms with Crippen LogP contribution in [0.25, 0.3) is 0 Å². The molecule has 1 atom stereocenters. The van der Waals surface area contributed by atoms with Crippen LogP contribution >= 0.6 is 24.0 Å². The smallest absolute Gasteiger partial charge is 0.194 e. The second-order valence-corrected chi connectivity index (χ2v) is 7.40. The molecule has 1 saturated heterocycles. The summed E-state index contributed by atoms with van der Waals surface area (Å²) < 4.78 is 7.73. The number of aliphatic imine (C=N–C) groups is 1. The molecule has 0 amide bonds. The van der Waals surface area contributed by atoms with Gasteiger partial charge in [-0.05, 0) is 37.3 Å². The molecule has 0 bridgehead atoms. The van der Waals surface area contributed by atoms with E-state index in [0.717, 1.165) is 56.6 Å². The second kappa shape index (κ2) is 11.5. The van der Waals surface area contributed by atoms with Gasteiger partial charge in [0.15, 0.2) is 11.8 Å². The third-order valence-electron chi connectivity index (χ3n) is 5.28. The molecular weight excluding hydrogens is 479 g/mol. The molecule has 160 valence electrons. The van der Waals surface area contributed by atoms with Gasteiger partial charge in [0, 0.05) is 33.8 Å². The maximum atomic E-state index is 5.75. The Balaban J connectivity index is 0.00000300. The van der Waals surface area contributed by atoms with E-state index < -0.39 is 0 Å². The molecule has 2 aromatic rings. The topological polar surface area (TPSA) is 67.6 Å². The summed E-state index contributed by atoms with van der Waals surface area (Å²) in [6.07, 6.45) is 3.56. The maximum Gasteiger partial charge on any atom is 0.194 e. The lowest BCUT2D eigenvalue weighted by molar-refractivity contribution is 0.113. The van der Waals surface area contributed by atoms with E-state index in [1.807, 2.05) is 18.5 Å². The van der Waals surface area contributed by atoms with Gasteiger partial charge in [0.25, 0.3) is 0 Å². The normalized spacial score (nSPS) is 16.6. The molecule has 1 unspecified atom stereocenters. The summed E-state index contributed by atoms with van der Waals surface area (Å²) in [5.74, 6) is 2.61. The fourth-order valence-electron chi connectivity index (χ4n) is 3.29. The zero-order valence-corrected chi connectivity index (χ0v) is 20.2. The Labute approximate surface area is 191 Å². The van der Waals surface area contributed by atoms with Gasteiger partial charge in [-0.15, -0.1) is 34.2 Å². The number of benzene rings is 1. The van der Waals surface area contributed by atoms with Gasteiger partial charge in [-0.2, -0.15) is 0 Å². The monoisotopic (exact) mass is 512 g/mol. The largest absolute Gasteiger partial charge is 0.376 e. The van der Waals surface area contributed by atoms with E-state index in [-0.39, 0.29) is 30.1 Å². The number of halogens is 1. The van der Waals surface area contributed by atoms with E-state index >= 15 is 0 Å². The molecule has 0 radical (unpaired) electrons. The molecule has 1 N–H and O–H groups in total. The summed E-state index contributed by atoms with van der Waals surface area (Å²) in [6.45, 7) is 7.04. The van der Waals surface area contributed by atoms with Crippen molar-refractivity contribution in [2.45, 2.75) is 52.3 Å². The minimum Gasteiger partial charge on any atom is -0.376 e. The SMILES string of the molecule is CCc1ccc(CN(C)C(=NCc2nnc(C)n2C)NCC2CCCO2)cc1.I. The summed E-state index contributed by atoms with van der Waals surface area (Å²) in [7, 11) is 4.04. The van der Waals surface area contributed by atoms with E-state index in [9.17, 15) is 0 Å². The van der Waals surface area contributed by atoms with Gasteiger partial charge in [-0.25, -0.2) is 4.99 Å². The Kier molecular flexibility index (Phi) is 9.35. The highest BCUT2D eigenvalue weighted by Crippen LogP contribution is 2.12. The van der Waals surface area contributed by atoms with Crippen LogP contribution in [0.4, 0.5) is 0 Å². The standard InChI is InChI=1S/C21H32N6O.HI/c1-5-17-8-10-18(11-9-17)15-26(3)21(22-13-19-7-6-12-28-19)23-14-20-25-24-16(2)27(20)4;/h8-11,19H,5-7,12-15H2,1-4H3,(H,22,23);1H. The number of rotatable bonds is 7. The molecule has 3 rings (SSSR count). The van der Waals surface area contributed by atoms with Crippen molar-refractivity contribution in [2.24, 2.45) is 12.0 Å². The average molecular weight is 512 g/mol. The quantitative estimate of drug-likeness (QED) is 0.351. The van der Waals surface area contributed by atoms with Crippen molar-refractivity contribution in [3.8, 4) is 0 Å². The molecule has 1 aromatic heterocycles. The first-order valence-electron chi connectivity index (χ1n) is 10.1. The van der Waals surface area contributed by atoms with Gasteiger partial charge >= 0.3 is 0 Å². The Morgan fingerprint density at radius 1 is 1.28 bits per heavy atom. The maximum absolute atomic E-state index is 5.75. The predicted octanol–water partition coefficient (Wildman–Crippen LogP) is 3.06. The first kappa shape index (κ1) is 23.6. The van der Waals surface area contributed by atoms with Crippen molar-refractivity contribution in [2.75, 3.05) is 20.2 Å². The van der Waals surface area contributed by atoms with Crippen LogP contribution < -0.4 is 5.32 Å². The van der Waals surface area contributed by atoms with Crippen molar-refractivity contribution < 1.29 is 4.74 Å². The highest BCUT2D eigenvalue weighted by molar-refractivity contribution is 14.0. The van der Waals surface area contributed by atoms with E-state index in [1.54, 1.807) is 0 Å². The lowest BCUT2D eigenvalue weighted by Gasteiger charge is -2.24. The fourth-order valence-corrected chi connectivity index (χ4v) is 3.29. The molecule has 7 nitrogen and oxygen atoms in total. The number of hydrogen-bond donors (Lipinski definition) is 1. The molecule has 1 aromatic carbocycles. The van der Waals surface area contributed by atoms with Crippen molar-refractivity contribution in [1.29, 1.82) is 0 Å². The van der Waals surface area contributed by atoms with Gasteiger partial charge in [0.05, 0.1) is 6.10 Å². The summed E-state index contributed by atoms with van der Waals surface area (Å²) in [4.78, 5) is 6.96. The van der Waals surface area contributed by atoms with Crippen molar-refractivity contribution in [1.82, 2.24) is 25.0 Å². The number of ether oxygens (including phenoxy) is 1. The Morgan fingerprint density at radius 2 is 2.00 bits per heavy atom. The lowest BCUT2D eigenvalue weighted by atomic mass is 10.1. The molecule has 1 aliphatic heterocycles. The van der Waals surface area contributed by atoms with Crippen LogP contribution in [0.5, 0.6) is 0 Å². The third-order valence-corrected chi connectivity index (χ3v) is 5.28. The highest BCUT2D eigenvalue weighted by atomic mass is 127. The molecule has 0 aliphatic carbocycles. The van der Waals surface area contributed by atoms with Crippen LogP contribution in [0.1, 0.15) is 42.5 Å². The summed E-state index contributed by atoms with van der Waals surface area (Å²) in [5, 5.41) is 11.8. The van der Waals surface area contributed by atoms with Crippen LogP contribution in [0.15, 0.2) is 29.3 Å². The molecule has 2 heterocycles. The number of hydrogen-bond acceptors (Lipinski definition) is 4. The van der Waals surface area contributed by atoms with Gasteiger partial charge in [0.1, 0.15) is 12.4 Å². The minimum absolute atomic E-state index is 0. The molecule has 0 spiro atoms. The summed E-state index contributed by atoms with van der Waals surface area (Å²) in [6, 6.07) is 8.78. The summed E-state index contributed by atoms with van der Waals surface area (Å²) in [5.41, 5.74) is 2.62. The van der Waals surface area contributed by atoms with Crippen LogP contribution in [-0.2, 0) is 31.3 Å². The van der Waals surface area contributed by atoms with E-state index in [4.69, 9.17) is 9.73 Å². The number of nitrogens with zero attached hydrogens (tertiary/aromatic N) is 5. The molecule has 1 fully saturated rings. The van der Waals surface area contributed by atoms with E-state index in [1.165, 1.54) is 11.1 Å². The lowest BCUT2D eigenvalue weighted by Crippen LogP contribution is -2.42. The van der Waals surface area contributed by atoms with Crippen LogP contribution in [-0.4, -0.2) is 51.9 Å². The Bertz CT molecular complexity index is 783.